The van der Waals surface area contributed by atoms with Crippen molar-refractivity contribution in [2.24, 2.45) is 0 Å². The van der Waals surface area contributed by atoms with Gasteiger partial charge in [-0.1, -0.05) is 11.6 Å². The molecule has 0 fully saturated rings. The number of alkyl halides is 1. The van der Waals surface area contributed by atoms with Gasteiger partial charge in [-0.2, -0.15) is 0 Å². The van der Waals surface area contributed by atoms with Crippen LogP contribution < -0.4 is 0 Å². The van der Waals surface area contributed by atoms with Crippen LogP contribution in [0.2, 0.25) is 5.02 Å². The molecule has 0 aliphatic heterocycles. The first-order chi connectivity index (χ1) is 8.60. The van der Waals surface area contributed by atoms with Gasteiger partial charge in [0.25, 0.3) is 5.91 Å². The average molecular weight is 294 g/mol. The molecular formula is C12H14Cl2FNO2. The summed E-state index contributed by atoms with van der Waals surface area (Å²) in [6.07, 6.45) is 0. The summed E-state index contributed by atoms with van der Waals surface area (Å²) in [6.45, 7) is 1.20. The highest BCUT2D eigenvalue weighted by atomic mass is 35.5. The summed E-state index contributed by atoms with van der Waals surface area (Å²) >= 11 is 11.5. The number of methoxy groups -OCH3 is 1. The van der Waals surface area contributed by atoms with Gasteiger partial charge in [0.05, 0.1) is 17.2 Å². The highest BCUT2D eigenvalue weighted by Crippen LogP contribution is 2.19. The molecule has 1 aromatic rings. The summed E-state index contributed by atoms with van der Waals surface area (Å²) in [5.74, 6) is -0.441. The highest BCUT2D eigenvalue weighted by Gasteiger charge is 2.18. The second kappa shape index (κ2) is 7.56. The van der Waals surface area contributed by atoms with Gasteiger partial charge in [-0.3, -0.25) is 4.79 Å². The van der Waals surface area contributed by atoms with Crippen molar-refractivity contribution in [3.05, 3.63) is 34.6 Å². The Balaban J connectivity index is 2.87. The molecule has 1 amide bonds. The van der Waals surface area contributed by atoms with Crippen LogP contribution in [0.3, 0.4) is 0 Å². The summed E-state index contributed by atoms with van der Waals surface area (Å²) in [6, 6.07) is 3.69. The van der Waals surface area contributed by atoms with E-state index in [1.807, 2.05) is 0 Å². The van der Waals surface area contributed by atoms with Crippen molar-refractivity contribution in [1.29, 1.82) is 0 Å². The minimum Gasteiger partial charge on any atom is -0.383 e. The van der Waals surface area contributed by atoms with E-state index in [9.17, 15) is 9.18 Å². The van der Waals surface area contributed by atoms with Crippen LogP contribution in [0.15, 0.2) is 18.2 Å². The molecule has 3 nitrogen and oxygen atoms in total. The SMILES string of the molecule is COCCN(CCCl)C(=O)c1ccc(F)cc1Cl. The van der Waals surface area contributed by atoms with E-state index in [1.165, 1.54) is 17.0 Å². The van der Waals surface area contributed by atoms with Gasteiger partial charge in [-0.05, 0) is 18.2 Å². The minimum absolute atomic E-state index is 0.0944. The van der Waals surface area contributed by atoms with E-state index >= 15 is 0 Å². The molecule has 6 heteroatoms. The van der Waals surface area contributed by atoms with E-state index in [0.717, 1.165) is 6.07 Å². The molecule has 18 heavy (non-hydrogen) atoms. The average Bonchev–Trinajstić information content (AvgIpc) is 2.33. The number of ether oxygens (including phenoxy) is 1. The van der Waals surface area contributed by atoms with Crippen molar-refractivity contribution < 1.29 is 13.9 Å². The molecule has 0 saturated carbocycles. The number of halogens is 3. The van der Waals surface area contributed by atoms with E-state index in [2.05, 4.69) is 0 Å². The predicted octanol–water partition coefficient (Wildman–Crippen LogP) is 2.81. The maximum absolute atomic E-state index is 12.9. The van der Waals surface area contributed by atoms with Crippen LogP contribution in [0.5, 0.6) is 0 Å². The van der Waals surface area contributed by atoms with E-state index in [1.54, 1.807) is 7.11 Å². The molecule has 0 heterocycles. The first-order valence-corrected chi connectivity index (χ1v) is 6.30. The van der Waals surface area contributed by atoms with Crippen molar-refractivity contribution in [3.8, 4) is 0 Å². The Kier molecular flexibility index (Phi) is 6.39. The molecule has 0 saturated heterocycles. The van der Waals surface area contributed by atoms with Gasteiger partial charge in [-0.15, -0.1) is 11.6 Å². The summed E-state index contributed by atoms with van der Waals surface area (Å²) in [7, 11) is 1.55. The first-order valence-electron chi connectivity index (χ1n) is 5.39. The molecule has 0 bridgehead atoms. The Morgan fingerprint density at radius 1 is 1.44 bits per heavy atom. The maximum atomic E-state index is 12.9. The lowest BCUT2D eigenvalue weighted by Gasteiger charge is -2.21. The standard InChI is InChI=1S/C12H14Cl2FNO2/c1-18-7-6-16(5-4-13)12(17)10-3-2-9(15)8-11(10)14/h2-3,8H,4-7H2,1H3. The fraction of sp³-hybridized carbons (Fsp3) is 0.417. The van der Waals surface area contributed by atoms with E-state index in [4.69, 9.17) is 27.9 Å². The van der Waals surface area contributed by atoms with Crippen LogP contribution in [0.1, 0.15) is 10.4 Å². The number of benzene rings is 1. The molecule has 0 unspecified atom stereocenters. The predicted molar refractivity (Wildman–Crippen MR) is 69.9 cm³/mol. The van der Waals surface area contributed by atoms with Crippen molar-refractivity contribution in [3.63, 3.8) is 0 Å². The number of hydrogen-bond donors (Lipinski definition) is 0. The van der Waals surface area contributed by atoms with Crippen LogP contribution in [-0.4, -0.2) is 43.5 Å². The van der Waals surface area contributed by atoms with Crippen LogP contribution in [0.4, 0.5) is 4.39 Å². The van der Waals surface area contributed by atoms with Crippen LogP contribution in [-0.2, 0) is 4.74 Å². The molecule has 0 aromatic heterocycles. The van der Waals surface area contributed by atoms with Gasteiger partial charge >= 0.3 is 0 Å². The van der Waals surface area contributed by atoms with E-state index in [-0.39, 0.29) is 16.5 Å². The topological polar surface area (TPSA) is 29.5 Å². The summed E-state index contributed by atoms with van der Waals surface area (Å²) < 4.78 is 17.8. The molecule has 0 N–H and O–H groups in total. The van der Waals surface area contributed by atoms with Gasteiger partial charge in [0.2, 0.25) is 0 Å². The normalized spacial score (nSPS) is 10.4. The fourth-order valence-electron chi connectivity index (χ4n) is 1.45. The zero-order valence-corrected chi connectivity index (χ0v) is 11.5. The largest absolute Gasteiger partial charge is 0.383 e. The number of rotatable bonds is 6. The first kappa shape index (κ1) is 15.2. The van der Waals surface area contributed by atoms with Crippen LogP contribution >= 0.6 is 23.2 Å². The summed E-state index contributed by atoms with van der Waals surface area (Å²) in [5.41, 5.74) is 0.263. The van der Waals surface area contributed by atoms with Crippen molar-refractivity contribution >= 4 is 29.1 Å². The Morgan fingerprint density at radius 3 is 2.72 bits per heavy atom. The Morgan fingerprint density at radius 2 is 2.17 bits per heavy atom. The lowest BCUT2D eigenvalue weighted by molar-refractivity contribution is 0.0708. The van der Waals surface area contributed by atoms with E-state index < -0.39 is 5.82 Å². The number of amides is 1. The lowest BCUT2D eigenvalue weighted by atomic mass is 10.2. The molecule has 0 atom stereocenters. The summed E-state index contributed by atoms with van der Waals surface area (Å²) in [4.78, 5) is 13.7. The van der Waals surface area contributed by atoms with E-state index in [0.29, 0.717) is 25.6 Å². The molecule has 0 aliphatic carbocycles. The Bertz CT molecular complexity index is 415. The van der Waals surface area contributed by atoms with Gasteiger partial charge in [0, 0.05) is 26.1 Å². The van der Waals surface area contributed by atoms with Gasteiger partial charge < -0.3 is 9.64 Å². The zero-order valence-electron chi connectivity index (χ0n) is 9.96. The zero-order chi connectivity index (χ0) is 13.5. The third-order valence-electron chi connectivity index (χ3n) is 2.37. The van der Waals surface area contributed by atoms with Crippen molar-refractivity contribution in [2.75, 3.05) is 32.7 Å². The van der Waals surface area contributed by atoms with Gasteiger partial charge in [0.1, 0.15) is 5.82 Å². The van der Waals surface area contributed by atoms with Crippen molar-refractivity contribution in [2.45, 2.75) is 0 Å². The monoisotopic (exact) mass is 293 g/mol. The fourth-order valence-corrected chi connectivity index (χ4v) is 1.90. The Hall–Kier alpha value is -0.840. The van der Waals surface area contributed by atoms with Crippen LogP contribution in [0.25, 0.3) is 0 Å². The smallest absolute Gasteiger partial charge is 0.255 e. The van der Waals surface area contributed by atoms with Crippen molar-refractivity contribution in [1.82, 2.24) is 4.90 Å². The third kappa shape index (κ3) is 4.12. The number of carbonyl (C=O) groups excluding carboxylic acids is 1. The molecule has 0 spiro atoms. The van der Waals surface area contributed by atoms with Gasteiger partial charge in [0.15, 0.2) is 0 Å². The molecule has 1 aromatic carbocycles. The maximum Gasteiger partial charge on any atom is 0.255 e. The minimum atomic E-state index is -0.475. The lowest BCUT2D eigenvalue weighted by Crippen LogP contribution is -2.35. The number of carbonyl (C=O) groups is 1. The Labute approximate surface area is 115 Å². The number of hydrogen-bond acceptors (Lipinski definition) is 2. The molecule has 0 radical (unpaired) electrons. The highest BCUT2D eigenvalue weighted by molar-refractivity contribution is 6.33. The second-order valence-electron chi connectivity index (χ2n) is 3.60. The number of nitrogens with zero attached hydrogens (tertiary/aromatic N) is 1. The molecular weight excluding hydrogens is 280 g/mol. The third-order valence-corrected chi connectivity index (χ3v) is 2.85. The summed E-state index contributed by atoms with van der Waals surface area (Å²) in [5, 5.41) is 0.0944. The van der Waals surface area contributed by atoms with Crippen LogP contribution in [0, 0.1) is 5.82 Å². The quantitative estimate of drug-likeness (QED) is 0.755. The molecule has 0 aliphatic rings. The second-order valence-corrected chi connectivity index (χ2v) is 4.38. The molecule has 100 valence electrons. The molecule has 1 rings (SSSR count). The van der Waals surface area contributed by atoms with Gasteiger partial charge in [-0.25, -0.2) is 4.39 Å².